The van der Waals surface area contributed by atoms with Gasteiger partial charge in [0.1, 0.15) is 5.75 Å². The molecule has 3 nitrogen and oxygen atoms in total. The maximum absolute atomic E-state index is 12.4. The number of anilines is 1. The quantitative estimate of drug-likeness (QED) is 0.929. The van der Waals surface area contributed by atoms with E-state index in [1.807, 2.05) is 24.3 Å². The molecule has 0 fully saturated rings. The van der Waals surface area contributed by atoms with Crippen LogP contribution < -0.4 is 10.1 Å². The van der Waals surface area contributed by atoms with Gasteiger partial charge >= 0.3 is 0 Å². The summed E-state index contributed by atoms with van der Waals surface area (Å²) >= 11 is 12.1. The first kappa shape index (κ1) is 14.2. The van der Waals surface area contributed by atoms with E-state index in [1.54, 1.807) is 18.2 Å². The van der Waals surface area contributed by atoms with E-state index in [0.29, 0.717) is 22.3 Å². The van der Waals surface area contributed by atoms with Crippen LogP contribution in [0, 0.1) is 0 Å². The first-order chi connectivity index (χ1) is 10.1. The van der Waals surface area contributed by atoms with E-state index in [9.17, 15) is 4.79 Å². The topological polar surface area (TPSA) is 38.3 Å². The molecular formula is C16H13Cl2NO2. The third-order valence-electron chi connectivity index (χ3n) is 3.39. The van der Waals surface area contributed by atoms with Gasteiger partial charge in [0.05, 0.1) is 22.3 Å². The number of nitrogens with one attached hydrogen (secondary N) is 1. The van der Waals surface area contributed by atoms with Crippen LogP contribution in [0.15, 0.2) is 42.5 Å². The Kier molecular flexibility index (Phi) is 4.04. The zero-order chi connectivity index (χ0) is 14.8. The van der Waals surface area contributed by atoms with E-state index in [1.165, 1.54) is 0 Å². The molecule has 1 atom stereocenters. The summed E-state index contributed by atoms with van der Waals surface area (Å²) in [5, 5.41) is 4.08. The molecule has 1 unspecified atom stereocenters. The fourth-order valence-corrected chi connectivity index (χ4v) is 2.67. The molecule has 3 rings (SSSR count). The lowest BCUT2D eigenvalue weighted by Crippen LogP contribution is -2.38. The first-order valence-corrected chi connectivity index (χ1v) is 7.36. The normalized spacial score (nSPS) is 16.6. The third kappa shape index (κ3) is 2.99. The van der Waals surface area contributed by atoms with E-state index in [4.69, 9.17) is 27.9 Å². The van der Waals surface area contributed by atoms with Crippen molar-refractivity contribution < 1.29 is 9.53 Å². The Hall–Kier alpha value is -1.71. The van der Waals surface area contributed by atoms with Gasteiger partial charge in [0, 0.05) is 6.42 Å². The largest absolute Gasteiger partial charge is 0.479 e. The molecule has 1 aliphatic heterocycles. The molecule has 0 aromatic heterocycles. The number of carbonyl (C=O) groups excluding carboxylic acids is 1. The van der Waals surface area contributed by atoms with Gasteiger partial charge in [0.25, 0.3) is 0 Å². The van der Waals surface area contributed by atoms with Crippen molar-refractivity contribution in [2.45, 2.75) is 12.5 Å². The van der Waals surface area contributed by atoms with Crippen LogP contribution >= 0.6 is 23.2 Å². The van der Waals surface area contributed by atoms with Crippen molar-refractivity contribution in [3.8, 4) is 5.75 Å². The number of fused-ring (bicyclic) bond motifs is 1. The summed E-state index contributed by atoms with van der Waals surface area (Å²) in [6.07, 6.45) is -0.316. The van der Waals surface area contributed by atoms with Crippen molar-refractivity contribution in [2.24, 2.45) is 0 Å². The van der Waals surface area contributed by atoms with Gasteiger partial charge in [-0.15, -0.1) is 0 Å². The van der Waals surface area contributed by atoms with E-state index in [0.717, 1.165) is 11.3 Å². The van der Waals surface area contributed by atoms with Crippen LogP contribution in [-0.2, 0) is 11.2 Å². The number of Topliss-reactive ketones (excluding diaryl/α,β-unsaturated/α-hetero) is 1. The molecule has 0 radical (unpaired) electrons. The van der Waals surface area contributed by atoms with Crippen molar-refractivity contribution in [1.29, 1.82) is 0 Å². The van der Waals surface area contributed by atoms with Crippen LogP contribution in [0.3, 0.4) is 0 Å². The lowest BCUT2D eigenvalue weighted by atomic mass is 10.0. The van der Waals surface area contributed by atoms with E-state index >= 15 is 0 Å². The minimum Gasteiger partial charge on any atom is -0.479 e. The summed E-state index contributed by atoms with van der Waals surface area (Å²) in [6.45, 7) is 0.452. The van der Waals surface area contributed by atoms with E-state index in [2.05, 4.69) is 5.32 Å². The third-order valence-corrected chi connectivity index (χ3v) is 4.25. The first-order valence-electron chi connectivity index (χ1n) is 6.60. The van der Waals surface area contributed by atoms with Crippen LogP contribution in [-0.4, -0.2) is 18.4 Å². The monoisotopic (exact) mass is 321 g/mol. The molecule has 0 spiro atoms. The Morgan fingerprint density at radius 1 is 1.19 bits per heavy atom. The standard InChI is InChI=1S/C16H13Cl2NO2/c17-11-5-3-4-10(16(11)18)8-13(20)15-9-19-12-6-1-2-7-14(12)21-15/h1-7,15,19H,8-9H2. The van der Waals surface area contributed by atoms with Crippen molar-refractivity contribution >= 4 is 34.7 Å². The zero-order valence-electron chi connectivity index (χ0n) is 11.1. The number of hydrogen-bond acceptors (Lipinski definition) is 3. The second kappa shape index (κ2) is 5.96. The molecule has 1 aliphatic rings. The van der Waals surface area contributed by atoms with Crippen LogP contribution in [0.5, 0.6) is 5.75 Å². The molecule has 5 heteroatoms. The molecule has 2 aromatic rings. The molecule has 0 aliphatic carbocycles. The van der Waals surface area contributed by atoms with Gasteiger partial charge < -0.3 is 10.1 Å². The molecule has 108 valence electrons. The highest BCUT2D eigenvalue weighted by molar-refractivity contribution is 6.42. The van der Waals surface area contributed by atoms with Crippen molar-refractivity contribution in [3.05, 3.63) is 58.1 Å². The minimum atomic E-state index is -0.519. The number of ether oxygens (including phenoxy) is 1. The fourth-order valence-electron chi connectivity index (χ4n) is 2.28. The summed E-state index contributed by atoms with van der Waals surface area (Å²) < 4.78 is 5.75. The molecule has 21 heavy (non-hydrogen) atoms. The van der Waals surface area contributed by atoms with E-state index in [-0.39, 0.29) is 12.2 Å². The number of para-hydroxylation sites is 2. The molecule has 1 heterocycles. The number of halogens is 2. The summed E-state index contributed by atoms with van der Waals surface area (Å²) in [5.74, 6) is 0.667. The molecule has 0 bridgehead atoms. The number of hydrogen-bond donors (Lipinski definition) is 1. The van der Waals surface area contributed by atoms with Crippen LogP contribution in [0.2, 0.25) is 10.0 Å². The van der Waals surface area contributed by atoms with Crippen LogP contribution in [0.1, 0.15) is 5.56 Å². The van der Waals surface area contributed by atoms with Gasteiger partial charge in [-0.3, -0.25) is 4.79 Å². The summed E-state index contributed by atoms with van der Waals surface area (Å²) in [4.78, 5) is 12.4. The Morgan fingerprint density at radius 3 is 2.86 bits per heavy atom. The highest BCUT2D eigenvalue weighted by atomic mass is 35.5. The van der Waals surface area contributed by atoms with Crippen molar-refractivity contribution in [2.75, 3.05) is 11.9 Å². The predicted octanol–water partition coefficient (Wildman–Crippen LogP) is 3.98. The average molecular weight is 322 g/mol. The second-order valence-electron chi connectivity index (χ2n) is 4.84. The molecular weight excluding hydrogens is 309 g/mol. The zero-order valence-corrected chi connectivity index (χ0v) is 12.6. The van der Waals surface area contributed by atoms with Gasteiger partial charge in [-0.05, 0) is 23.8 Å². The number of ketones is 1. The lowest BCUT2D eigenvalue weighted by molar-refractivity contribution is -0.124. The molecule has 0 saturated carbocycles. The highest BCUT2D eigenvalue weighted by Crippen LogP contribution is 2.30. The minimum absolute atomic E-state index is 0.0267. The number of rotatable bonds is 3. The highest BCUT2D eigenvalue weighted by Gasteiger charge is 2.26. The lowest BCUT2D eigenvalue weighted by Gasteiger charge is -2.26. The van der Waals surface area contributed by atoms with Gasteiger partial charge in [-0.2, -0.15) is 0 Å². The molecule has 0 saturated heterocycles. The van der Waals surface area contributed by atoms with Gasteiger partial charge in [0.15, 0.2) is 11.9 Å². The Morgan fingerprint density at radius 2 is 2.00 bits per heavy atom. The van der Waals surface area contributed by atoms with Crippen molar-refractivity contribution in [3.63, 3.8) is 0 Å². The SMILES string of the molecule is O=C(Cc1cccc(Cl)c1Cl)C1CNc2ccccc2O1. The molecule has 1 N–H and O–H groups in total. The predicted molar refractivity (Wildman–Crippen MR) is 84.5 cm³/mol. The van der Waals surface area contributed by atoms with Crippen LogP contribution in [0.25, 0.3) is 0 Å². The summed E-state index contributed by atoms with van der Waals surface area (Å²) in [5.41, 5.74) is 1.62. The molecule has 2 aromatic carbocycles. The number of carbonyl (C=O) groups is 1. The fraction of sp³-hybridized carbons (Fsp3) is 0.188. The second-order valence-corrected chi connectivity index (χ2v) is 5.62. The van der Waals surface area contributed by atoms with Gasteiger partial charge in [-0.25, -0.2) is 0 Å². The van der Waals surface area contributed by atoms with Gasteiger partial charge in [-0.1, -0.05) is 47.5 Å². The summed E-state index contributed by atoms with van der Waals surface area (Å²) in [6, 6.07) is 12.8. The average Bonchev–Trinajstić information content (AvgIpc) is 2.51. The maximum atomic E-state index is 12.4. The number of benzene rings is 2. The van der Waals surface area contributed by atoms with E-state index < -0.39 is 6.10 Å². The maximum Gasteiger partial charge on any atom is 0.179 e. The Balaban J connectivity index is 1.74. The Bertz CT molecular complexity index is 688. The van der Waals surface area contributed by atoms with Crippen molar-refractivity contribution in [1.82, 2.24) is 0 Å². The van der Waals surface area contributed by atoms with Gasteiger partial charge in [0.2, 0.25) is 0 Å². The molecule has 0 amide bonds. The smallest absolute Gasteiger partial charge is 0.179 e. The van der Waals surface area contributed by atoms with Crippen LogP contribution in [0.4, 0.5) is 5.69 Å². The summed E-state index contributed by atoms with van der Waals surface area (Å²) in [7, 11) is 0. The Labute approximate surface area is 132 Å².